The fourth-order valence-corrected chi connectivity index (χ4v) is 1.33. The molecular formula is C12H11F3O3. The molecule has 0 heterocycles. The molecule has 1 aromatic carbocycles. The molecule has 0 radical (unpaired) electrons. The van der Waals surface area contributed by atoms with Crippen LogP contribution >= 0.6 is 0 Å². The molecule has 0 atom stereocenters. The van der Waals surface area contributed by atoms with E-state index in [2.05, 4.69) is 4.74 Å². The van der Waals surface area contributed by atoms with Gasteiger partial charge in [0, 0.05) is 6.08 Å². The van der Waals surface area contributed by atoms with Gasteiger partial charge < -0.3 is 9.84 Å². The minimum atomic E-state index is -4.71. The summed E-state index contributed by atoms with van der Waals surface area (Å²) in [6.45, 7) is 0. The third kappa shape index (κ3) is 5.93. The topological polar surface area (TPSA) is 46.5 Å². The summed E-state index contributed by atoms with van der Waals surface area (Å²) < 4.78 is 39.7. The number of ether oxygens (including phenoxy) is 1. The molecule has 0 fully saturated rings. The minimum Gasteiger partial charge on any atom is -0.478 e. The van der Waals surface area contributed by atoms with Gasteiger partial charge in [-0.05, 0) is 30.5 Å². The molecule has 0 aliphatic carbocycles. The van der Waals surface area contributed by atoms with Crippen molar-refractivity contribution in [3.8, 4) is 5.75 Å². The zero-order chi connectivity index (χ0) is 13.6. The van der Waals surface area contributed by atoms with E-state index >= 15 is 0 Å². The molecule has 1 aromatic rings. The van der Waals surface area contributed by atoms with Crippen LogP contribution in [0.2, 0.25) is 0 Å². The Morgan fingerprint density at radius 2 is 2.11 bits per heavy atom. The first kappa shape index (κ1) is 14.1. The average molecular weight is 260 g/mol. The van der Waals surface area contributed by atoms with E-state index in [1.54, 1.807) is 6.07 Å². The van der Waals surface area contributed by atoms with E-state index in [4.69, 9.17) is 5.11 Å². The van der Waals surface area contributed by atoms with Crippen molar-refractivity contribution in [1.82, 2.24) is 0 Å². The SMILES string of the molecule is O=C(O)C=CCCc1cccc(OC(F)(F)F)c1. The average Bonchev–Trinajstić information content (AvgIpc) is 2.22. The van der Waals surface area contributed by atoms with Crippen LogP contribution in [0.25, 0.3) is 0 Å². The number of carbonyl (C=O) groups is 1. The number of halogens is 3. The first-order valence-electron chi connectivity index (χ1n) is 5.11. The number of carboxylic acids is 1. The van der Waals surface area contributed by atoms with Crippen LogP contribution in [0.1, 0.15) is 12.0 Å². The summed E-state index contributed by atoms with van der Waals surface area (Å²) in [4.78, 5) is 10.2. The molecule has 0 spiro atoms. The summed E-state index contributed by atoms with van der Waals surface area (Å²) in [6, 6.07) is 5.60. The largest absolute Gasteiger partial charge is 0.573 e. The maximum absolute atomic E-state index is 12.0. The van der Waals surface area contributed by atoms with Gasteiger partial charge in [-0.1, -0.05) is 18.2 Å². The standard InChI is InChI=1S/C12H11F3O3/c13-12(14,15)18-10-6-3-5-9(8-10)4-1-2-7-11(16)17/h2-3,5-8H,1,4H2,(H,16,17). The summed E-state index contributed by atoms with van der Waals surface area (Å²) >= 11 is 0. The lowest BCUT2D eigenvalue weighted by atomic mass is 10.1. The molecule has 0 saturated carbocycles. The quantitative estimate of drug-likeness (QED) is 0.827. The summed E-state index contributed by atoms with van der Waals surface area (Å²) in [5.74, 6) is -1.33. The van der Waals surface area contributed by atoms with E-state index in [9.17, 15) is 18.0 Å². The Kier molecular flexibility index (Phi) is 4.76. The summed E-state index contributed by atoms with van der Waals surface area (Å²) in [7, 11) is 0. The number of aliphatic carboxylic acids is 1. The van der Waals surface area contributed by atoms with E-state index in [1.807, 2.05) is 0 Å². The third-order valence-corrected chi connectivity index (χ3v) is 1.99. The van der Waals surface area contributed by atoms with Crippen molar-refractivity contribution in [2.75, 3.05) is 0 Å². The predicted octanol–water partition coefficient (Wildman–Crippen LogP) is 3.16. The fraction of sp³-hybridized carbons (Fsp3) is 0.250. The van der Waals surface area contributed by atoms with E-state index in [0.717, 1.165) is 6.08 Å². The molecule has 0 saturated heterocycles. The van der Waals surface area contributed by atoms with Gasteiger partial charge in [-0.25, -0.2) is 4.79 Å². The normalized spacial score (nSPS) is 11.7. The van der Waals surface area contributed by atoms with Crippen LogP contribution in [-0.4, -0.2) is 17.4 Å². The second-order valence-electron chi connectivity index (χ2n) is 3.47. The molecule has 0 aliphatic heterocycles. The molecule has 18 heavy (non-hydrogen) atoms. The number of benzene rings is 1. The van der Waals surface area contributed by atoms with Gasteiger partial charge in [0.2, 0.25) is 0 Å². The van der Waals surface area contributed by atoms with Gasteiger partial charge in [-0.15, -0.1) is 13.2 Å². The van der Waals surface area contributed by atoms with Crippen LogP contribution < -0.4 is 4.74 Å². The minimum absolute atomic E-state index is 0.276. The number of aryl methyl sites for hydroxylation is 1. The number of hydrogen-bond acceptors (Lipinski definition) is 2. The third-order valence-electron chi connectivity index (χ3n) is 1.99. The Morgan fingerprint density at radius 1 is 1.39 bits per heavy atom. The maximum Gasteiger partial charge on any atom is 0.573 e. The highest BCUT2D eigenvalue weighted by Gasteiger charge is 2.30. The Balaban J connectivity index is 2.57. The number of alkyl halides is 3. The van der Waals surface area contributed by atoms with Gasteiger partial charge in [0.1, 0.15) is 5.75 Å². The first-order valence-corrected chi connectivity index (χ1v) is 5.11. The summed E-state index contributed by atoms with van der Waals surface area (Å²) in [6.07, 6.45) is -1.39. The highest BCUT2D eigenvalue weighted by Crippen LogP contribution is 2.23. The summed E-state index contributed by atoms with van der Waals surface area (Å²) in [5.41, 5.74) is 0.645. The van der Waals surface area contributed by atoms with Crippen LogP contribution in [-0.2, 0) is 11.2 Å². The van der Waals surface area contributed by atoms with Crippen LogP contribution in [0.5, 0.6) is 5.75 Å². The molecular weight excluding hydrogens is 249 g/mol. The molecule has 1 N–H and O–H groups in total. The van der Waals surface area contributed by atoms with Crippen molar-refractivity contribution in [3.05, 3.63) is 42.0 Å². The molecule has 0 amide bonds. The molecule has 0 aliphatic rings. The van der Waals surface area contributed by atoms with Crippen molar-refractivity contribution in [2.24, 2.45) is 0 Å². The van der Waals surface area contributed by atoms with Crippen molar-refractivity contribution in [3.63, 3.8) is 0 Å². The van der Waals surface area contributed by atoms with Crippen LogP contribution in [0.4, 0.5) is 13.2 Å². The number of allylic oxidation sites excluding steroid dienone is 1. The highest BCUT2D eigenvalue weighted by molar-refractivity contribution is 5.79. The Bertz CT molecular complexity index is 438. The van der Waals surface area contributed by atoms with Gasteiger partial charge in [-0.3, -0.25) is 0 Å². The zero-order valence-electron chi connectivity index (χ0n) is 9.28. The molecule has 3 nitrogen and oxygen atoms in total. The maximum atomic E-state index is 12.0. The molecule has 98 valence electrons. The molecule has 0 unspecified atom stereocenters. The second kappa shape index (κ2) is 6.09. The number of rotatable bonds is 5. The lowest BCUT2D eigenvalue weighted by Crippen LogP contribution is -2.17. The van der Waals surface area contributed by atoms with Gasteiger partial charge in [0.05, 0.1) is 0 Å². The van der Waals surface area contributed by atoms with Gasteiger partial charge in [0.25, 0.3) is 0 Å². The number of carboxylic acid groups (broad SMARTS) is 1. The van der Waals surface area contributed by atoms with E-state index in [1.165, 1.54) is 24.3 Å². The van der Waals surface area contributed by atoms with Crippen LogP contribution in [0, 0.1) is 0 Å². The van der Waals surface area contributed by atoms with Crippen molar-refractivity contribution >= 4 is 5.97 Å². The van der Waals surface area contributed by atoms with Crippen LogP contribution in [0.3, 0.4) is 0 Å². The summed E-state index contributed by atoms with van der Waals surface area (Å²) in [5, 5.41) is 8.35. The Hall–Kier alpha value is -1.98. The Morgan fingerprint density at radius 3 is 2.72 bits per heavy atom. The fourth-order valence-electron chi connectivity index (χ4n) is 1.33. The molecule has 1 rings (SSSR count). The van der Waals surface area contributed by atoms with Crippen LogP contribution in [0.15, 0.2) is 36.4 Å². The van der Waals surface area contributed by atoms with E-state index in [-0.39, 0.29) is 5.75 Å². The smallest absolute Gasteiger partial charge is 0.478 e. The van der Waals surface area contributed by atoms with Gasteiger partial charge in [0.15, 0.2) is 0 Å². The van der Waals surface area contributed by atoms with Crippen molar-refractivity contribution < 1.29 is 27.8 Å². The zero-order valence-corrected chi connectivity index (χ0v) is 9.28. The monoisotopic (exact) mass is 260 g/mol. The van der Waals surface area contributed by atoms with Crippen molar-refractivity contribution in [1.29, 1.82) is 0 Å². The van der Waals surface area contributed by atoms with E-state index < -0.39 is 12.3 Å². The first-order chi connectivity index (χ1) is 8.37. The Labute approximate surface area is 101 Å². The second-order valence-corrected chi connectivity index (χ2v) is 3.47. The molecule has 0 aromatic heterocycles. The van der Waals surface area contributed by atoms with Crippen molar-refractivity contribution in [2.45, 2.75) is 19.2 Å². The molecule has 6 heteroatoms. The lowest BCUT2D eigenvalue weighted by molar-refractivity contribution is -0.274. The van der Waals surface area contributed by atoms with Gasteiger partial charge in [-0.2, -0.15) is 0 Å². The number of hydrogen-bond donors (Lipinski definition) is 1. The predicted molar refractivity (Wildman–Crippen MR) is 58.2 cm³/mol. The van der Waals surface area contributed by atoms with Gasteiger partial charge >= 0.3 is 12.3 Å². The highest BCUT2D eigenvalue weighted by atomic mass is 19.4. The lowest BCUT2D eigenvalue weighted by Gasteiger charge is -2.09. The van der Waals surface area contributed by atoms with E-state index in [0.29, 0.717) is 18.4 Å². The molecule has 0 bridgehead atoms.